The number of hydrogen-bond acceptors (Lipinski definition) is 5. The molecule has 0 bridgehead atoms. The molecule has 22 heavy (non-hydrogen) atoms. The van der Waals surface area contributed by atoms with E-state index in [9.17, 15) is 9.90 Å². The molecule has 0 spiro atoms. The summed E-state index contributed by atoms with van der Waals surface area (Å²) in [7, 11) is 0. The SMILES string of the molecule is CC[C@H](CO)N(Cc1ccccn1)C(=O)c1cc(N)ccn1. The molecule has 0 saturated heterocycles. The lowest BCUT2D eigenvalue weighted by molar-refractivity contribution is 0.0554. The van der Waals surface area contributed by atoms with E-state index in [0.717, 1.165) is 5.69 Å². The molecule has 1 amide bonds. The molecule has 2 aromatic rings. The first-order valence-corrected chi connectivity index (χ1v) is 7.19. The molecule has 0 aliphatic carbocycles. The standard InChI is InChI=1S/C16H20N4O2/c1-2-14(11-21)20(10-13-5-3-4-7-18-13)16(22)15-9-12(17)6-8-19-15/h3-9,14,21H,2,10-11H2,1H3,(H2,17,19)/t14-/m1/s1. The van der Waals surface area contributed by atoms with Crippen molar-refractivity contribution in [3.05, 3.63) is 54.1 Å². The average Bonchev–Trinajstić information content (AvgIpc) is 2.55. The maximum Gasteiger partial charge on any atom is 0.273 e. The van der Waals surface area contributed by atoms with Gasteiger partial charge in [0.25, 0.3) is 5.91 Å². The molecular weight excluding hydrogens is 280 g/mol. The van der Waals surface area contributed by atoms with E-state index in [2.05, 4.69) is 9.97 Å². The van der Waals surface area contributed by atoms with E-state index < -0.39 is 0 Å². The Morgan fingerprint density at radius 2 is 2.14 bits per heavy atom. The smallest absolute Gasteiger partial charge is 0.273 e. The highest BCUT2D eigenvalue weighted by atomic mass is 16.3. The fourth-order valence-electron chi connectivity index (χ4n) is 2.19. The van der Waals surface area contributed by atoms with Crippen LogP contribution in [0, 0.1) is 0 Å². The largest absolute Gasteiger partial charge is 0.399 e. The van der Waals surface area contributed by atoms with Gasteiger partial charge in [0, 0.05) is 18.1 Å². The zero-order chi connectivity index (χ0) is 15.9. The summed E-state index contributed by atoms with van der Waals surface area (Å²) in [4.78, 5) is 22.6. The molecule has 6 heteroatoms. The third kappa shape index (κ3) is 3.79. The third-order valence-corrected chi connectivity index (χ3v) is 3.45. The monoisotopic (exact) mass is 300 g/mol. The number of nitrogen functional groups attached to an aromatic ring is 1. The summed E-state index contributed by atoms with van der Waals surface area (Å²) in [5.74, 6) is -0.265. The summed E-state index contributed by atoms with van der Waals surface area (Å²) in [6, 6.07) is 8.40. The van der Waals surface area contributed by atoms with Gasteiger partial charge in [-0.3, -0.25) is 14.8 Å². The van der Waals surface area contributed by atoms with E-state index in [4.69, 9.17) is 5.73 Å². The molecule has 0 aromatic carbocycles. The second kappa shape index (κ2) is 7.51. The number of amides is 1. The van der Waals surface area contributed by atoms with Gasteiger partial charge in [0.1, 0.15) is 5.69 Å². The molecule has 1 atom stereocenters. The topological polar surface area (TPSA) is 92.3 Å². The van der Waals surface area contributed by atoms with Crippen molar-refractivity contribution in [2.45, 2.75) is 25.9 Å². The molecule has 0 aliphatic heterocycles. The van der Waals surface area contributed by atoms with Gasteiger partial charge in [-0.05, 0) is 30.7 Å². The highest BCUT2D eigenvalue weighted by molar-refractivity contribution is 5.93. The quantitative estimate of drug-likeness (QED) is 0.843. The third-order valence-electron chi connectivity index (χ3n) is 3.45. The van der Waals surface area contributed by atoms with Gasteiger partial charge >= 0.3 is 0 Å². The van der Waals surface area contributed by atoms with Crippen molar-refractivity contribution >= 4 is 11.6 Å². The number of aliphatic hydroxyl groups excluding tert-OH is 1. The van der Waals surface area contributed by atoms with Gasteiger partial charge in [-0.2, -0.15) is 0 Å². The van der Waals surface area contributed by atoms with E-state index in [-0.39, 0.29) is 24.2 Å². The van der Waals surface area contributed by atoms with E-state index in [1.165, 1.54) is 12.3 Å². The molecule has 116 valence electrons. The first-order chi connectivity index (χ1) is 10.7. The summed E-state index contributed by atoms with van der Waals surface area (Å²) in [5.41, 5.74) is 7.22. The van der Waals surface area contributed by atoms with Gasteiger partial charge in [0.2, 0.25) is 0 Å². The van der Waals surface area contributed by atoms with Gasteiger partial charge in [0.05, 0.1) is 24.9 Å². The van der Waals surface area contributed by atoms with Crippen molar-refractivity contribution < 1.29 is 9.90 Å². The van der Waals surface area contributed by atoms with Gasteiger partial charge in [-0.25, -0.2) is 0 Å². The average molecular weight is 300 g/mol. The number of rotatable bonds is 6. The van der Waals surface area contributed by atoms with Gasteiger partial charge in [-0.15, -0.1) is 0 Å². The fraction of sp³-hybridized carbons (Fsp3) is 0.312. The Labute approximate surface area is 129 Å². The zero-order valence-electron chi connectivity index (χ0n) is 12.5. The highest BCUT2D eigenvalue weighted by Crippen LogP contribution is 2.14. The Hall–Kier alpha value is -2.47. The lowest BCUT2D eigenvalue weighted by atomic mass is 10.1. The first-order valence-electron chi connectivity index (χ1n) is 7.19. The van der Waals surface area contributed by atoms with Crippen LogP contribution in [0.4, 0.5) is 5.69 Å². The van der Waals surface area contributed by atoms with Crippen LogP contribution >= 0.6 is 0 Å². The van der Waals surface area contributed by atoms with Gasteiger partial charge in [-0.1, -0.05) is 13.0 Å². The van der Waals surface area contributed by atoms with Crippen LogP contribution in [0.15, 0.2) is 42.7 Å². The maximum atomic E-state index is 12.7. The van der Waals surface area contributed by atoms with E-state index >= 15 is 0 Å². The Morgan fingerprint density at radius 3 is 2.73 bits per heavy atom. The molecule has 0 saturated carbocycles. The minimum absolute atomic E-state index is 0.114. The summed E-state index contributed by atoms with van der Waals surface area (Å²) in [6.07, 6.45) is 3.81. The number of aromatic nitrogens is 2. The molecular formula is C16H20N4O2. The summed E-state index contributed by atoms with van der Waals surface area (Å²) >= 11 is 0. The number of pyridine rings is 2. The molecule has 6 nitrogen and oxygen atoms in total. The fourth-order valence-corrected chi connectivity index (χ4v) is 2.19. The molecule has 0 aliphatic rings. The number of aliphatic hydroxyl groups is 1. The molecule has 3 N–H and O–H groups in total. The van der Waals surface area contributed by atoms with Crippen molar-refractivity contribution in [2.75, 3.05) is 12.3 Å². The summed E-state index contributed by atoms with van der Waals surface area (Å²) < 4.78 is 0. The van der Waals surface area contributed by atoms with Crippen molar-refractivity contribution in [1.29, 1.82) is 0 Å². The second-order valence-corrected chi connectivity index (χ2v) is 4.97. The van der Waals surface area contributed by atoms with Gasteiger partial charge in [0.15, 0.2) is 0 Å². The van der Waals surface area contributed by atoms with Crippen LogP contribution in [0.3, 0.4) is 0 Å². The minimum Gasteiger partial charge on any atom is -0.399 e. The molecule has 0 fully saturated rings. The van der Waals surface area contributed by atoms with E-state index in [1.54, 1.807) is 17.2 Å². The number of nitrogens with two attached hydrogens (primary N) is 1. The maximum absolute atomic E-state index is 12.7. The molecule has 0 unspecified atom stereocenters. The van der Waals surface area contributed by atoms with Crippen molar-refractivity contribution in [3.8, 4) is 0 Å². The summed E-state index contributed by atoms with van der Waals surface area (Å²) in [5, 5.41) is 9.57. The predicted octanol–water partition coefficient (Wildman–Crippen LogP) is 1.47. The number of carbonyl (C=O) groups excluding carboxylic acids is 1. The van der Waals surface area contributed by atoms with Crippen molar-refractivity contribution in [2.24, 2.45) is 0 Å². The van der Waals surface area contributed by atoms with Crippen LogP contribution < -0.4 is 5.73 Å². The van der Waals surface area contributed by atoms with E-state index in [0.29, 0.717) is 18.7 Å². The Kier molecular flexibility index (Phi) is 5.43. The molecule has 2 rings (SSSR count). The van der Waals surface area contributed by atoms with E-state index in [1.807, 2.05) is 25.1 Å². The van der Waals surface area contributed by atoms with Crippen molar-refractivity contribution in [1.82, 2.24) is 14.9 Å². The Bertz CT molecular complexity index is 615. The number of anilines is 1. The predicted molar refractivity (Wildman–Crippen MR) is 83.9 cm³/mol. The lowest BCUT2D eigenvalue weighted by Crippen LogP contribution is -2.42. The van der Waals surface area contributed by atoms with Gasteiger partial charge < -0.3 is 15.7 Å². The minimum atomic E-state index is -0.294. The molecule has 0 radical (unpaired) electrons. The lowest BCUT2D eigenvalue weighted by Gasteiger charge is -2.29. The molecule has 2 heterocycles. The normalized spacial score (nSPS) is 11.9. The van der Waals surface area contributed by atoms with Crippen LogP contribution in [0.5, 0.6) is 0 Å². The zero-order valence-corrected chi connectivity index (χ0v) is 12.5. The number of carbonyl (C=O) groups is 1. The van der Waals surface area contributed by atoms with Crippen LogP contribution in [-0.2, 0) is 6.54 Å². The highest BCUT2D eigenvalue weighted by Gasteiger charge is 2.24. The number of hydrogen-bond donors (Lipinski definition) is 2. The second-order valence-electron chi connectivity index (χ2n) is 4.97. The van der Waals surface area contributed by atoms with Crippen LogP contribution in [0.25, 0.3) is 0 Å². The number of nitrogens with zero attached hydrogens (tertiary/aromatic N) is 3. The van der Waals surface area contributed by atoms with Crippen LogP contribution in [-0.4, -0.2) is 38.5 Å². The first kappa shape index (κ1) is 15.9. The van der Waals surface area contributed by atoms with Crippen LogP contribution in [0.2, 0.25) is 0 Å². The summed E-state index contributed by atoms with van der Waals surface area (Å²) in [6.45, 7) is 2.12. The Morgan fingerprint density at radius 1 is 1.32 bits per heavy atom. The van der Waals surface area contributed by atoms with Crippen molar-refractivity contribution in [3.63, 3.8) is 0 Å². The van der Waals surface area contributed by atoms with Crippen LogP contribution in [0.1, 0.15) is 29.5 Å². The molecule has 2 aromatic heterocycles. The Balaban J connectivity index is 2.29.